The van der Waals surface area contributed by atoms with Gasteiger partial charge in [0, 0.05) is 22.6 Å². The largest absolute Gasteiger partial charge is 0.508 e. The molecule has 100 valence electrons. The second-order valence-corrected chi connectivity index (χ2v) is 6.38. The first-order chi connectivity index (χ1) is 8.65. The summed E-state index contributed by atoms with van der Waals surface area (Å²) in [5.74, 6) is 1.25. The van der Waals surface area contributed by atoms with Crippen molar-refractivity contribution in [1.82, 2.24) is 5.32 Å². The van der Waals surface area contributed by atoms with Crippen molar-refractivity contribution in [3.63, 3.8) is 0 Å². The van der Waals surface area contributed by atoms with Crippen molar-refractivity contribution < 1.29 is 5.11 Å². The van der Waals surface area contributed by atoms with Crippen molar-refractivity contribution in [2.75, 3.05) is 0 Å². The van der Waals surface area contributed by atoms with Crippen molar-refractivity contribution in [1.29, 1.82) is 0 Å². The Kier molecular flexibility index (Phi) is 5.07. The molecule has 1 fully saturated rings. The van der Waals surface area contributed by atoms with Gasteiger partial charge in [-0.15, -0.1) is 0 Å². The molecule has 0 bridgehead atoms. The lowest BCUT2D eigenvalue weighted by Gasteiger charge is -2.17. The molecule has 0 heterocycles. The Morgan fingerprint density at radius 1 is 1.28 bits per heavy atom. The van der Waals surface area contributed by atoms with E-state index in [2.05, 4.69) is 28.2 Å². The van der Waals surface area contributed by atoms with Crippen LogP contribution in [0.5, 0.6) is 5.75 Å². The molecule has 3 heteroatoms. The summed E-state index contributed by atoms with van der Waals surface area (Å²) in [5.41, 5.74) is 0.974. The number of hydrogen-bond donors (Lipinski definition) is 2. The van der Waals surface area contributed by atoms with Crippen LogP contribution in [-0.4, -0.2) is 11.1 Å². The zero-order valence-corrected chi connectivity index (χ0v) is 12.5. The number of halogens is 1. The predicted octanol–water partition coefficient (Wildman–Crippen LogP) is 4.21. The number of nitrogens with one attached hydrogen (secondary N) is 1. The van der Waals surface area contributed by atoms with Gasteiger partial charge in [0.05, 0.1) is 0 Å². The maximum Gasteiger partial charge on any atom is 0.120 e. The number of aromatic hydroxyl groups is 1. The third kappa shape index (κ3) is 3.99. The molecule has 2 nitrogen and oxygen atoms in total. The monoisotopic (exact) mass is 311 g/mol. The molecule has 1 saturated carbocycles. The molecular weight excluding hydrogens is 290 g/mol. The minimum Gasteiger partial charge on any atom is -0.508 e. The molecule has 2 atom stereocenters. The Labute approximate surface area is 118 Å². The van der Waals surface area contributed by atoms with E-state index < -0.39 is 0 Å². The molecule has 0 saturated heterocycles. The molecule has 1 aliphatic rings. The summed E-state index contributed by atoms with van der Waals surface area (Å²) in [7, 11) is 0. The Hall–Kier alpha value is -0.540. The van der Waals surface area contributed by atoms with Gasteiger partial charge in [-0.25, -0.2) is 0 Å². The van der Waals surface area contributed by atoms with E-state index in [0.717, 1.165) is 22.5 Å². The van der Waals surface area contributed by atoms with Crippen LogP contribution in [0.4, 0.5) is 0 Å². The highest BCUT2D eigenvalue weighted by Crippen LogP contribution is 2.25. The number of phenolic OH excluding ortho intramolecular Hbond substituents is 1. The predicted molar refractivity (Wildman–Crippen MR) is 78.7 cm³/mol. The molecule has 0 amide bonds. The molecule has 0 aromatic heterocycles. The minimum atomic E-state index is 0.382. The summed E-state index contributed by atoms with van der Waals surface area (Å²) in [6, 6.07) is 6.21. The maximum atomic E-state index is 9.80. The van der Waals surface area contributed by atoms with Gasteiger partial charge < -0.3 is 10.4 Å². The fourth-order valence-electron chi connectivity index (χ4n) is 2.64. The van der Waals surface area contributed by atoms with Crippen LogP contribution in [0.1, 0.15) is 44.6 Å². The van der Waals surface area contributed by atoms with Crippen molar-refractivity contribution >= 4 is 15.9 Å². The Balaban J connectivity index is 1.88. The topological polar surface area (TPSA) is 32.3 Å². The van der Waals surface area contributed by atoms with Crippen LogP contribution in [0.3, 0.4) is 0 Å². The third-order valence-electron chi connectivity index (χ3n) is 3.88. The van der Waals surface area contributed by atoms with Gasteiger partial charge in [-0.05, 0) is 43.4 Å². The minimum absolute atomic E-state index is 0.382. The van der Waals surface area contributed by atoms with Crippen molar-refractivity contribution in [3.05, 3.63) is 28.2 Å². The molecule has 1 aromatic rings. The van der Waals surface area contributed by atoms with Gasteiger partial charge in [0.2, 0.25) is 0 Å². The van der Waals surface area contributed by atoms with Crippen LogP contribution in [-0.2, 0) is 6.54 Å². The maximum absolute atomic E-state index is 9.80. The highest BCUT2D eigenvalue weighted by atomic mass is 79.9. The zero-order chi connectivity index (χ0) is 13.0. The van der Waals surface area contributed by atoms with Crippen LogP contribution >= 0.6 is 15.9 Å². The lowest BCUT2D eigenvalue weighted by Crippen LogP contribution is -2.28. The van der Waals surface area contributed by atoms with E-state index in [4.69, 9.17) is 0 Å². The Morgan fingerprint density at radius 2 is 2.11 bits per heavy atom. The smallest absolute Gasteiger partial charge is 0.120 e. The average molecular weight is 312 g/mol. The second-order valence-electron chi connectivity index (χ2n) is 5.46. The van der Waals surface area contributed by atoms with Crippen molar-refractivity contribution in [2.24, 2.45) is 5.92 Å². The van der Waals surface area contributed by atoms with Crippen LogP contribution in [0, 0.1) is 5.92 Å². The van der Waals surface area contributed by atoms with Gasteiger partial charge >= 0.3 is 0 Å². The number of rotatable bonds is 3. The van der Waals surface area contributed by atoms with Gasteiger partial charge in [-0.3, -0.25) is 0 Å². The van der Waals surface area contributed by atoms with E-state index in [1.165, 1.54) is 32.1 Å². The van der Waals surface area contributed by atoms with Crippen molar-refractivity contribution in [3.8, 4) is 5.75 Å². The number of phenols is 1. The van der Waals surface area contributed by atoms with Crippen LogP contribution in [0.2, 0.25) is 0 Å². The first-order valence-corrected chi connectivity index (χ1v) is 7.65. The SMILES string of the molecule is CC1CCCC(NCc2cc(Br)ccc2O)CC1. The van der Waals surface area contributed by atoms with Gasteiger partial charge in [0.15, 0.2) is 0 Å². The molecule has 2 N–H and O–H groups in total. The van der Waals surface area contributed by atoms with Crippen LogP contribution in [0.15, 0.2) is 22.7 Å². The molecule has 1 aliphatic carbocycles. The van der Waals surface area contributed by atoms with Gasteiger partial charge in [-0.2, -0.15) is 0 Å². The standard InChI is InChI=1S/C15H22BrNO/c1-11-3-2-4-14(7-5-11)17-10-12-9-13(16)6-8-15(12)18/h6,8-9,11,14,17-18H,2-5,7,10H2,1H3. The van der Waals surface area contributed by atoms with E-state index in [0.29, 0.717) is 11.8 Å². The van der Waals surface area contributed by atoms with E-state index in [1.807, 2.05) is 12.1 Å². The molecule has 2 rings (SSSR count). The fraction of sp³-hybridized carbons (Fsp3) is 0.600. The Bertz CT molecular complexity index is 394. The molecule has 0 aliphatic heterocycles. The summed E-state index contributed by atoms with van der Waals surface area (Å²) < 4.78 is 1.02. The van der Waals surface area contributed by atoms with E-state index >= 15 is 0 Å². The summed E-state index contributed by atoms with van der Waals surface area (Å²) in [5, 5.41) is 13.4. The summed E-state index contributed by atoms with van der Waals surface area (Å²) in [6.07, 6.45) is 6.53. The molecule has 18 heavy (non-hydrogen) atoms. The summed E-state index contributed by atoms with van der Waals surface area (Å²) >= 11 is 3.44. The second kappa shape index (κ2) is 6.58. The van der Waals surface area contributed by atoms with Crippen LogP contribution < -0.4 is 5.32 Å². The van der Waals surface area contributed by atoms with Gasteiger partial charge in [0.25, 0.3) is 0 Å². The normalized spacial score (nSPS) is 24.8. The van der Waals surface area contributed by atoms with E-state index in [9.17, 15) is 5.11 Å². The summed E-state index contributed by atoms with van der Waals surface area (Å²) in [4.78, 5) is 0. The van der Waals surface area contributed by atoms with E-state index in [-0.39, 0.29) is 0 Å². The average Bonchev–Trinajstić information content (AvgIpc) is 2.55. The fourth-order valence-corrected chi connectivity index (χ4v) is 3.05. The zero-order valence-electron chi connectivity index (χ0n) is 11.0. The number of hydrogen-bond acceptors (Lipinski definition) is 2. The molecule has 0 radical (unpaired) electrons. The first-order valence-electron chi connectivity index (χ1n) is 6.86. The molecule has 2 unspecified atom stereocenters. The highest BCUT2D eigenvalue weighted by Gasteiger charge is 2.16. The lowest BCUT2D eigenvalue weighted by molar-refractivity contribution is 0.431. The van der Waals surface area contributed by atoms with Gasteiger partial charge in [-0.1, -0.05) is 35.7 Å². The van der Waals surface area contributed by atoms with Crippen molar-refractivity contribution in [2.45, 2.75) is 51.6 Å². The van der Waals surface area contributed by atoms with E-state index in [1.54, 1.807) is 6.07 Å². The quantitative estimate of drug-likeness (QED) is 0.819. The van der Waals surface area contributed by atoms with Gasteiger partial charge in [0.1, 0.15) is 5.75 Å². The molecule has 0 spiro atoms. The third-order valence-corrected chi connectivity index (χ3v) is 4.37. The molecular formula is C15H22BrNO. The molecule has 1 aromatic carbocycles. The number of benzene rings is 1. The first kappa shape index (κ1) is 13.9. The summed E-state index contributed by atoms with van der Waals surface area (Å²) in [6.45, 7) is 3.10. The highest BCUT2D eigenvalue weighted by molar-refractivity contribution is 9.10. The van der Waals surface area contributed by atoms with Crippen LogP contribution in [0.25, 0.3) is 0 Å². The Morgan fingerprint density at radius 3 is 2.94 bits per heavy atom. The lowest BCUT2D eigenvalue weighted by atomic mass is 10.0.